The lowest BCUT2D eigenvalue weighted by Gasteiger charge is -2.11. The van der Waals surface area contributed by atoms with Gasteiger partial charge in [-0.1, -0.05) is 30.0 Å². The Kier molecular flexibility index (Phi) is 2.61. The van der Waals surface area contributed by atoms with Gasteiger partial charge in [0.15, 0.2) is 0 Å². The molecule has 16 heavy (non-hydrogen) atoms. The third-order valence-electron chi connectivity index (χ3n) is 2.55. The van der Waals surface area contributed by atoms with Crippen LogP contribution in [0.5, 0.6) is 0 Å². The van der Waals surface area contributed by atoms with Crippen LogP contribution in [0.25, 0.3) is 6.08 Å². The predicted octanol–water partition coefficient (Wildman–Crippen LogP) is 3.11. The van der Waals surface area contributed by atoms with Gasteiger partial charge in [0.05, 0.1) is 4.91 Å². The minimum Gasteiger partial charge on any atom is -0.290 e. The molecule has 2 fully saturated rings. The van der Waals surface area contributed by atoms with E-state index in [4.69, 9.17) is 12.2 Å². The Morgan fingerprint density at radius 1 is 1.50 bits per heavy atom. The standard InChI is InChI=1S/C11H9NOS3/c13-10-9(6-8-2-1-5-15-8)16-11(14)12(10)7-3-4-7/h1-2,5-7H,3-4H2. The largest absolute Gasteiger partial charge is 0.290 e. The first-order chi connectivity index (χ1) is 7.75. The molecule has 1 aliphatic carbocycles. The fraction of sp³-hybridized carbons (Fsp3) is 0.273. The van der Waals surface area contributed by atoms with Gasteiger partial charge in [-0.3, -0.25) is 9.69 Å². The quantitative estimate of drug-likeness (QED) is 0.606. The Bertz CT molecular complexity index is 473. The van der Waals surface area contributed by atoms with Crippen LogP contribution in [0.3, 0.4) is 0 Å². The number of hydrogen-bond acceptors (Lipinski definition) is 4. The molecule has 0 N–H and O–H groups in total. The molecule has 2 nitrogen and oxygen atoms in total. The molecule has 1 aliphatic heterocycles. The van der Waals surface area contributed by atoms with Gasteiger partial charge in [0.2, 0.25) is 0 Å². The molecule has 82 valence electrons. The highest BCUT2D eigenvalue weighted by Crippen LogP contribution is 2.40. The van der Waals surface area contributed by atoms with Crippen LogP contribution in [-0.2, 0) is 4.79 Å². The first-order valence-electron chi connectivity index (χ1n) is 5.06. The van der Waals surface area contributed by atoms with Crippen LogP contribution in [0.2, 0.25) is 0 Å². The fourth-order valence-corrected chi connectivity index (χ4v) is 3.75. The van der Waals surface area contributed by atoms with Gasteiger partial charge in [-0.2, -0.15) is 0 Å². The summed E-state index contributed by atoms with van der Waals surface area (Å²) in [5.74, 6) is 0.0888. The number of nitrogens with zero attached hydrogens (tertiary/aromatic N) is 1. The summed E-state index contributed by atoms with van der Waals surface area (Å²) in [6.45, 7) is 0. The predicted molar refractivity (Wildman–Crippen MR) is 72.4 cm³/mol. The highest BCUT2D eigenvalue weighted by atomic mass is 32.2. The average Bonchev–Trinajstić information content (AvgIpc) is 2.86. The molecule has 0 atom stereocenters. The molecule has 1 amide bonds. The molecular weight excluding hydrogens is 258 g/mol. The lowest BCUT2D eigenvalue weighted by molar-refractivity contribution is -0.122. The van der Waals surface area contributed by atoms with E-state index in [0.717, 1.165) is 26.9 Å². The molecule has 1 saturated carbocycles. The highest BCUT2D eigenvalue weighted by Gasteiger charge is 2.41. The fourth-order valence-electron chi connectivity index (χ4n) is 1.63. The van der Waals surface area contributed by atoms with E-state index in [9.17, 15) is 4.79 Å². The highest BCUT2D eigenvalue weighted by molar-refractivity contribution is 8.26. The smallest absolute Gasteiger partial charge is 0.266 e. The van der Waals surface area contributed by atoms with Crippen molar-refractivity contribution in [2.45, 2.75) is 18.9 Å². The van der Waals surface area contributed by atoms with Crippen molar-refractivity contribution in [1.82, 2.24) is 4.90 Å². The zero-order valence-corrected chi connectivity index (χ0v) is 10.8. The Labute approximate surface area is 107 Å². The molecule has 1 saturated heterocycles. The van der Waals surface area contributed by atoms with Crippen LogP contribution in [0.1, 0.15) is 17.7 Å². The number of thiocarbonyl (C=S) groups is 1. The van der Waals surface area contributed by atoms with Gasteiger partial charge < -0.3 is 0 Å². The Morgan fingerprint density at radius 3 is 2.94 bits per heavy atom. The zero-order valence-electron chi connectivity index (χ0n) is 8.38. The van der Waals surface area contributed by atoms with Crippen molar-refractivity contribution in [1.29, 1.82) is 0 Å². The summed E-state index contributed by atoms with van der Waals surface area (Å²) >= 11 is 8.30. The van der Waals surface area contributed by atoms with E-state index < -0.39 is 0 Å². The van der Waals surface area contributed by atoms with E-state index >= 15 is 0 Å². The van der Waals surface area contributed by atoms with Gasteiger partial charge >= 0.3 is 0 Å². The van der Waals surface area contributed by atoms with Gasteiger partial charge in [0, 0.05) is 10.9 Å². The number of carbonyl (C=O) groups excluding carboxylic acids is 1. The van der Waals surface area contributed by atoms with E-state index in [-0.39, 0.29) is 5.91 Å². The van der Waals surface area contributed by atoms with Crippen molar-refractivity contribution in [2.24, 2.45) is 0 Å². The van der Waals surface area contributed by atoms with E-state index in [0.29, 0.717) is 6.04 Å². The molecule has 0 radical (unpaired) electrons. The van der Waals surface area contributed by atoms with Crippen molar-refractivity contribution in [3.8, 4) is 0 Å². The molecule has 3 rings (SSSR count). The molecule has 0 aromatic carbocycles. The molecular formula is C11H9NOS3. The monoisotopic (exact) mass is 267 g/mol. The Hall–Kier alpha value is -0.650. The van der Waals surface area contributed by atoms with Crippen molar-refractivity contribution in [3.63, 3.8) is 0 Å². The van der Waals surface area contributed by atoms with Crippen molar-refractivity contribution < 1.29 is 4.79 Å². The van der Waals surface area contributed by atoms with Crippen LogP contribution in [0.4, 0.5) is 0 Å². The van der Waals surface area contributed by atoms with Crippen LogP contribution in [0.15, 0.2) is 22.4 Å². The minimum absolute atomic E-state index is 0.0888. The van der Waals surface area contributed by atoms with Gasteiger partial charge in [-0.25, -0.2) is 0 Å². The van der Waals surface area contributed by atoms with Gasteiger partial charge in [0.25, 0.3) is 5.91 Å². The number of thiophene rings is 1. The summed E-state index contributed by atoms with van der Waals surface area (Å²) < 4.78 is 0.718. The van der Waals surface area contributed by atoms with Crippen molar-refractivity contribution in [2.75, 3.05) is 0 Å². The second-order valence-corrected chi connectivity index (χ2v) is 6.45. The summed E-state index contributed by atoms with van der Waals surface area (Å²) in [6, 6.07) is 4.37. The van der Waals surface area contributed by atoms with Crippen molar-refractivity contribution >= 4 is 51.6 Å². The van der Waals surface area contributed by atoms with Crippen LogP contribution >= 0.6 is 35.3 Å². The summed E-state index contributed by atoms with van der Waals surface area (Å²) in [7, 11) is 0. The second kappa shape index (κ2) is 3.98. The first kappa shape index (κ1) is 10.5. The lowest BCUT2D eigenvalue weighted by Crippen LogP contribution is -2.29. The van der Waals surface area contributed by atoms with Gasteiger partial charge in [-0.15, -0.1) is 11.3 Å². The molecule has 2 aliphatic rings. The number of rotatable bonds is 2. The molecule has 5 heteroatoms. The van der Waals surface area contributed by atoms with E-state index in [1.807, 2.05) is 23.6 Å². The molecule has 2 heterocycles. The van der Waals surface area contributed by atoms with Crippen LogP contribution in [0, 0.1) is 0 Å². The molecule has 1 aromatic heterocycles. The second-order valence-electron chi connectivity index (χ2n) is 3.80. The van der Waals surface area contributed by atoms with Gasteiger partial charge in [0.1, 0.15) is 4.32 Å². The topological polar surface area (TPSA) is 20.3 Å². The average molecular weight is 267 g/mol. The van der Waals surface area contributed by atoms with Gasteiger partial charge in [-0.05, 0) is 30.4 Å². The lowest BCUT2D eigenvalue weighted by atomic mass is 10.3. The van der Waals surface area contributed by atoms with Crippen LogP contribution in [-0.4, -0.2) is 21.2 Å². The number of carbonyl (C=O) groups is 1. The Morgan fingerprint density at radius 2 is 2.31 bits per heavy atom. The minimum atomic E-state index is 0.0888. The maximum atomic E-state index is 12.1. The third kappa shape index (κ3) is 1.83. The van der Waals surface area contributed by atoms with Crippen LogP contribution < -0.4 is 0 Å². The Balaban J connectivity index is 1.88. The molecule has 0 bridgehead atoms. The van der Waals surface area contributed by atoms with Crippen molar-refractivity contribution in [3.05, 3.63) is 27.3 Å². The maximum Gasteiger partial charge on any atom is 0.266 e. The van der Waals surface area contributed by atoms with E-state index in [1.165, 1.54) is 11.8 Å². The van der Waals surface area contributed by atoms with E-state index in [1.54, 1.807) is 16.2 Å². The summed E-state index contributed by atoms with van der Waals surface area (Å²) in [5, 5.41) is 2.01. The number of amides is 1. The third-order valence-corrected chi connectivity index (χ3v) is 4.70. The SMILES string of the molecule is O=C1C(=Cc2cccs2)SC(=S)N1C1CC1. The summed E-state index contributed by atoms with van der Waals surface area (Å²) in [4.78, 5) is 15.7. The first-order valence-corrected chi connectivity index (χ1v) is 7.17. The normalized spacial score (nSPS) is 23.5. The summed E-state index contributed by atoms with van der Waals surface area (Å²) in [6.07, 6.45) is 4.13. The number of hydrogen-bond donors (Lipinski definition) is 0. The number of thioether (sulfide) groups is 1. The zero-order chi connectivity index (χ0) is 11.1. The summed E-state index contributed by atoms with van der Waals surface area (Å²) in [5.41, 5.74) is 0. The van der Waals surface area contributed by atoms with E-state index in [2.05, 4.69) is 0 Å². The maximum absolute atomic E-state index is 12.1. The molecule has 1 aromatic rings. The molecule has 0 spiro atoms. The molecule has 0 unspecified atom stereocenters.